The highest BCUT2D eigenvalue weighted by Gasteiger charge is 2.31. The lowest BCUT2D eigenvalue weighted by Gasteiger charge is -2.29. The first-order valence-corrected chi connectivity index (χ1v) is 8.66. The van der Waals surface area contributed by atoms with Crippen molar-refractivity contribution < 1.29 is 14.1 Å². The van der Waals surface area contributed by atoms with E-state index in [1.54, 1.807) is 0 Å². The van der Waals surface area contributed by atoms with Crippen molar-refractivity contribution in [2.45, 2.75) is 52.2 Å². The van der Waals surface area contributed by atoms with Crippen LogP contribution in [0.2, 0.25) is 0 Å². The highest BCUT2D eigenvalue weighted by molar-refractivity contribution is 5.95. The van der Waals surface area contributed by atoms with Crippen molar-refractivity contribution in [2.24, 2.45) is 5.92 Å². The number of amides is 1. The number of carbonyl (C=O) groups is 1. The molecule has 0 radical (unpaired) electrons. The van der Waals surface area contributed by atoms with Gasteiger partial charge in [-0.2, -0.15) is 0 Å². The van der Waals surface area contributed by atoms with Crippen molar-refractivity contribution >= 4 is 5.91 Å². The summed E-state index contributed by atoms with van der Waals surface area (Å²) >= 11 is 0. The highest BCUT2D eigenvalue weighted by atomic mass is 16.5. The molecule has 4 rings (SSSR count). The normalized spacial score (nSPS) is 22.2. The van der Waals surface area contributed by atoms with E-state index in [0.29, 0.717) is 24.0 Å². The van der Waals surface area contributed by atoms with E-state index in [4.69, 9.17) is 9.26 Å². The average molecular weight is 326 g/mol. The molecule has 2 unspecified atom stereocenters. The standard InChI is InChI=1S/C19H22N2O3/c1-11-7-8-16-13(9-11)18-14(10-23-16)17(21-24-18)19(22)20-15-6-4-3-5-12(15)2/h7-9,12,15H,3-6,10H2,1-2H3,(H,20,22). The molecule has 0 spiro atoms. The minimum absolute atomic E-state index is 0.154. The summed E-state index contributed by atoms with van der Waals surface area (Å²) in [5, 5.41) is 7.19. The Labute approximate surface area is 141 Å². The number of fused-ring (bicyclic) bond motifs is 3. The van der Waals surface area contributed by atoms with Crippen LogP contribution in [0.15, 0.2) is 22.7 Å². The number of hydrogen-bond donors (Lipinski definition) is 1. The van der Waals surface area contributed by atoms with Gasteiger partial charge >= 0.3 is 0 Å². The van der Waals surface area contributed by atoms with Gasteiger partial charge in [-0.3, -0.25) is 4.79 Å². The molecular formula is C19H22N2O3. The Balaban J connectivity index is 1.61. The Kier molecular flexibility index (Phi) is 3.79. The first kappa shape index (κ1) is 15.2. The third-order valence-corrected chi connectivity index (χ3v) is 5.18. The Hall–Kier alpha value is -2.30. The summed E-state index contributed by atoms with van der Waals surface area (Å²) in [6.07, 6.45) is 4.61. The third-order valence-electron chi connectivity index (χ3n) is 5.18. The van der Waals surface area contributed by atoms with Crippen molar-refractivity contribution in [1.29, 1.82) is 0 Å². The fourth-order valence-corrected chi connectivity index (χ4v) is 3.70. The van der Waals surface area contributed by atoms with Crippen molar-refractivity contribution in [1.82, 2.24) is 10.5 Å². The molecule has 1 saturated carbocycles. The van der Waals surface area contributed by atoms with Crippen molar-refractivity contribution in [3.05, 3.63) is 35.0 Å². The predicted octanol–water partition coefficient (Wildman–Crippen LogP) is 3.85. The lowest BCUT2D eigenvalue weighted by molar-refractivity contribution is 0.0899. The van der Waals surface area contributed by atoms with Gasteiger partial charge in [-0.15, -0.1) is 0 Å². The summed E-state index contributed by atoms with van der Waals surface area (Å²) < 4.78 is 11.3. The molecule has 1 fully saturated rings. The fraction of sp³-hybridized carbons (Fsp3) is 0.474. The van der Waals surface area contributed by atoms with Crippen molar-refractivity contribution in [2.75, 3.05) is 0 Å². The van der Waals surface area contributed by atoms with E-state index < -0.39 is 0 Å². The van der Waals surface area contributed by atoms with Crippen LogP contribution in [0.1, 0.15) is 54.2 Å². The number of carbonyl (C=O) groups excluding carboxylic acids is 1. The molecule has 126 valence electrons. The first-order valence-electron chi connectivity index (χ1n) is 8.66. The molecule has 0 saturated heterocycles. The molecular weight excluding hydrogens is 304 g/mol. The predicted molar refractivity (Wildman–Crippen MR) is 89.9 cm³/mol. The average Bonchev–Trinajstić information content (AvgIpc) is 3.01. The zero-order valence-corrected chi connectivity index (χ0v) is 14.1. The van der Waals surface area contributed by atoms with Gasteiger partial charge in [0.1, 0.15) is 12.4 Å². The zero-order chi connectivity index (χ0) is 16.7. The van der Waals surface area contributed by atoms with E-state index >= 15 is 0 Å². The van der Waals surface area contributed by atoms with E-state index in [1.807, 2.05) is 25.1 Å². The molecule has 2 atom stereocenters. The van der Waals surface area contributed by atoms with Crippen LogP contribution < -0.4 is 10.1 Å². The van der Waals surface area contributed by atoms with Crippen LogP contribution in [0.4, 0.5) is 0 Å². The minimum Gasteiger partial charge on any atom is -0.488 e. The monoisotopic (exact) mass is 326 g/mol. The fourth-order valence-electron chi connectivity index (χ4n) is 3.70. The van der Waals surface area contributed by atoms with Crippen LogP contribution in [0, 0.1) is 12.8 Å². The van der Waals surface area contributed by atoms with Crippen LogP contribution in [0.5, 0.6) is 5.75 Å². The second-order valence-electron chi connectivity index (χ2n) is 6.97. The number of aryl methyl sites for hydroxylation is 1. The summed E-state index contributed by atoms with van der Waals surface area (Å²) in [6.45, 7) is 4.53. The number of ether oxygens (including phenoxy) is 1. The van der Waals surface area contributed by atoms with E-state index in [1.165, 1.54) is 12.8 Å². The number of hydrogen-bond acceptors (Lipinski definition) is 4. The Bertz CT molecular complexity index is 781. The first-order chi connectivity index (χ1) is 11.6. The lowest BCUT2D eigenvalue weighted by Crippen LogP contribution is -2.41. The van der Waals surface area contributed by atoms with Crippen LogP contribution in [-0.4, -0.2) is 17.1 Å². The van der Waals surface area contributed by atoms with Crippen LogP contribution in [0.25, 0.3) is 11.3 Å². The molecule has 2 heterocycles. The molecule has 1 aromatic carbocycles. The SMILES string of the molecule is Cc1ccc2c(c1)-c1onc(C(=O)NC3CCCCC3C)c1CO2. The Morgan fingerprint density at radius 3 is 2.96 bits per heavy atom. The van der Waals surface area contributed by atoms with Crippen LogP contribution >= 0.6 is 0 Å². The van der Waals surface area contributed by atoms with Gasteiger partial charge in [0.25, 0.3) is 5.91 Å². The van der Waals surface area contributed by atoms with E-state index in [9.17, 15) is 4.79 Å². The zero-order valence-electron chi connectivity index (χ0n) is 14.1. The number of nitrogens with one attached hydrogen (secondary N) is 1. The maximum absolute atomic E-state index is 12.7. The molecule has 2 aliphatic rings. The van der Waals surface area contributed by atoms with Gasteiger partial charge in [0.15, 0.2) is 11.5 Å². The van der Waals surface area contributed by atoms with Gasteiger partial charge < -0.3 is 14.6 Å². The number of benzene rings is 1. The summed E-state index contributed by atoms with van der Waals surface area (Å²) in [7, 11) is 0. The van der Waals surface area contributed by atoms with Gasteiger partial charge in [-0.1, -0.05) is 36.6 Å². The smallest absolute Gasteiger partial charge is 0.274 e. The second-order valence-corrected chi connectivity index (χ2v) is 6.97. The summed E-state index contributed by atoms with van der Waals surface area (Å²) in [4.78, 5) is 12.7. The summed E-state index contributed by atoms with van der Waals surface area (Å²) in [5.41, 5.74) is 3.08. The minimum atomic E-state index is -0.154. The largest absolute Gasteiger partial charge is 0.488 e. The molecule has 24 heavy (non-hydrogen) atoms. The second kappa shape index (κ2) is 5.96. The van der Waals surface area contributed by atoms with E-state index in [2.05, 4.69) is 17.4 Å². The quantitative estimate of drug-likeness (QED) is 0.910. The van der Waals surface area contributed by atoms with E-state index in [-0.39, 0.29) is 11.9 Å². The number of nitrogens with zero attached hydrogens (tertiary/aromatic N) is 1. The molecule has 0 bridgehead atoms. The Morgan fingerprint density at radius 2 is 2.12 bits per heavy atom. The van der Waals surface area contributed by atoms with Gasteiger partial charge in [-0.05, 0) is 37.8 Å². The molecule has 1 aliphatic heterocycles. The summed E-state index contributed by atoms with van der Waals surface area (Å²) in [6, 6.07) is 6.15. The molecule has 5 heteroatoms. The molecule has 5 nitrogen and oxygen atoms in total. The molecule has 1 amide bonds. The maximum Gasteiger partial charge on any atom is 0.274 e. The van der Waals surface area contributed by atoms with Gasteiger partial charge in [0.2, 0.25) is 0 Å². The van der Waals surface area contributed by atoms with Gasteiger partial charge in [-0.25, -0.2) is 0 Å². The lowest BCUT2D eigenvalue weighted by atomic mass is 9.86. The maximum atomic E-state index is 12.7. The third kappa shape index (κ3) is 2.58. The molecule has 1 N–H and O–H groups in total. The van der Waals surface area contributed by atoms with Gasteiger partial charge in [0.05, 0.1) is 11.1 Å². The number of rotatable bonds is 2. The molecule has 1 aromatic heterocycles. The summed E-state index contributed by atoms with van der Waals surface area (Å²) in [5.74, 6) is 1.78. The van der Waals surface area contributed by atoms with Crippen molar-refractivity contribution in [3.63, 3.8) is 0 Å². The van der Waals surface area contributed by atoms with E-state index in [0.717, 1.165) is 35.3 Å². The van der Waals surface area contributed by atoms with Crippen LogP contribution in [-0.2, 0) is 6.61 Å². The topological polar surface area (TPSA) is 64.4 Å². The molecule has 2 aromatic rings. The number of aromatic nitrogens is 1. The Morgan fingerprint density at radius 1 is 1.29 bits per heavy atom. The van der Waals surface area contributed by atoms with Crippen LogP contribution in [0.3, 0.4) is 0 Å². The highest BCUT2D eigenvalue weighted by Crippen LogP contribution is 2.39. The molecule has 1 aliphatic carbocycles. The van der Waals surface area contributed by atoms with Crippen molar-refractivity contribution in [3.8, 4) is 17.1 Å². The van der Waals surface area contributed by atoms with Gasteiger partial charge in [0, 0.05) is 6.04 Å².